The van der Waals surface area contributed by atoms with Crippen LogP contribution in [0.1, 0.15) is 48.5 Å². The number of nitrogens with zero attached hydrogens (tertiary/aromatic N) is 5. The first-order valence-corrected chi connectivity index (χ1v) is 17.6. The van der Waals surface area contributed by atoms with Crippen LogP contribution in [0.25, 0.3) is 32.2 Å². The first-order valence-electron chi connectivity index (χ1n) is 16.4. The summed E-state index contributed by atoms with van der Waals surface area (Å²) >= 11 is 7.54. The molecule has 12 nitrogen and oxygen atoms in total. The zero-order chi connectivity index (χ0) is 37.6. The van der Waals surface area contributed by atoms with E-state index in [-0.39, 0.29) is 69.1 Å². The maximum Gasteiger partial charge on any atom is 0.413 e. The molecule has 52 heavy (non-hydrogen) atoms. The molecule has 0 bridgehead atoms. The van der Waals surface area contributed by atoms with Crippen LogP contribution < -0.4 is 19.9 Å². The van der Waals surface area contributed by atoms with Gasteiger partial charge in [-0.05, 0) is 54.5 Å². The van der Waals surface area contributed by atoms with Crippen LogP contribution in [-0.2, 0) is 14.3 Å². The lowest BCUT2D eigenvalue weighted by Gasteiger charge is -2.52. The van der Waals surface area contributed by atoms with Gasteiger partial charge in [0.15, 0.2) is 10.9 Å². The van der Waals surface area contributed by atoms with Crippen molar-refractivity contribution in [3.05, 3.63) is 40.3 Å². The van der Waals surface area contributed by atoms with E-state index in [2.05, 4.69) is 21.2 Å². The van der Waals surface area contributed by atoms with Gasteiger partial charge in [-0.15, -0.1) is 0 Å². The molecule has 274 valence electrons. The average molecular weight is 759 g/mol. The Morgan fingerprint density at radius 2 is 1.71 bits per heavy atom. The average Bonchev–Trinajstić information content (AvgIpc) is 3.44. The van der Waals surface area contributed by atoms with E-state index in [4.69, 9.17) is 25.8 Å². The van der Waals surface area contributed by atoms with Crippen molar-refractivity contribution in [2.75, 3.05) is 41.4 Å². The predicted octanol–water partition coefficient (Wildman–Crippen LogP) is 7.67. The van der Waals surface area contributed by atoms with Crippen LogP contribution in [0.2, 0.25) is 5.02 Å². The van der Waals surface area contributed by atoms with E-state index >= 15 is 13.2 Å². The summed E-state index contributed by atoms with van der Waals surface area (Å²) in [7, 11) is 0. The standard InChI is InChI=1S/C35H34ClF3N6O6S/c1-15-12-45-20(13-44(15)33(48)51-35(5,6)7)21(14-46)43-8-9-49-30-28(43)27(45)16-10-17(36)22(24(39)25(16)40-30)23-18(37)11-19(38)29-26(23)41-31(52-29)42-32(47)50-34(2,3)4/h10-11,15,20H,8-9,12-13H2,1-7H3,(H,41,42,47)/t15-,20-/m1/s1. The number of amides is 2. The SMILES string of the molecule is C[C@@H]1CN2c3c4c(nc5c(F)c(-c6c(F)cc(F)c7sc(NC(=O)OC(C)(C)C)nc67)c(Cl)cc35)OCCN4C(=C=O)[C@H]2CN1C(=O)OC(C)(C)C. The molecular weight excluding hydrogens is 725 g/mol. The van der Waals surface area contributed by atoms with Gasteiger partial charge in [0.1, 0.15) is 52.3 Å². The Hall–Kier alpha value is -4.79. The third-order valence-corrected chi connectivity index (χ3v) is 9.98. The Labute approximate surface area is 305 Å². The number of pyridine rings is 1. The smallest absolute Gasteiger partial charge is 0.413 e. The third kappa shape index (κ3) is 6.01. The third-order valence-electron chi connectivity index (χ3n) is 8.71. The molecule has 0 aliphatic carbocycles. The van der Waals surface area contributed by atoms with E-state index in [0.717, 1.165) is 0 Å². The summed E-state index contributed by atoms with van der Waals surface area (Å²) in [5.41, 5.74) is -1.86. The summed E-state index contributed by atoms with van der Waals surface area (Å²) < 4.78 is 64.6. The Balaban J connectivity index is 1.39. The van der Waals surface area contributed by atoms with Crippen molar-refractivity contribution in [2.24, 2.45) is 0 Å². The van der Waals surface area contributed by atoms with Crippen LogP contribution in [0.4, 0.5) is 39.3 Å². The fourth-order valence-electron chi connectivity index (χ4n) is 6.76. The number of carbonyl (C=O) groups excluding carboxylic acids is 3. The number of anilines is 3. The lowest BCUT2D eigenvalue weighted by atomic mass is 9.94. The van der Waals surface area contributed by atoms with Crippen molar-refractivity contribution in [3.8, 4) is 17.0 Å². The molecule has 0 saturated carbocycles. The highest BCUT2D eigenvalue weighted by Gasteiger charge is 2.47. The Morgan fingerprint density at radius 3 is 2.38 bits per heavy atom. The minimum atomic E-state index is -1.14. The number of carbonyl (C=O) groups is 2. The predicted molar refractivity (Wildman–Crippen MR) is 191 cm³/mol. The number of nitrogens with one attached hydrogen (secondary N) is 1. The van der Waals surface area contributed by atoms with Crippen LogP contribution in [0.3, 0.4) is 0 Å². The van der Waals surface area contributed by atoms with Gasteiger partial charge < -0.3 is 28.9 Å². The molecule has 2 aromatic carbocycles. The van der Waals surface area contributed by atoms with Crippen molar-refractivity contribution in [2.45, 2.75) is 71.8 Å². The van der Waals surface area contributed by atoms with E-state index in [1.54, 1.807) is 51.3 Å². The molecule has 2 amide bonds. The Kier molecular flexibility index (Phi) is 8.50. The zero-order valence-corrected chi connectivity index (χ0v) is 30.8. The molecule has 2 aromatic heterocycles. The number of benzene rings is 2. The number of thiazole rings is 1. The lowest BCUT2D eigenvalue weighted by Crippen LogP contribution is -2.64. The van der Waals surface area contributed by atoms with Gasteiger partial charge in [0, 0.05) is 35.2 Å². The molecule has 0 spiro atoms. The quantitative estimate of drug-likeness (QED) is 0.204. The molecule has 0 radical (unpaired) electrons. The molecule has 3 aliphatic heterocycles. The first-order chi connectivity index (χ1) is 24.4. The second kappa shape index (κ2) is 12.4. The van der Waals surface area contributed by atoms with E-state index in [0.29, 0.717) is 28.8 Å². The molecule has 1 fully saturated rings. The highest BCUT2D eigenvalue weighted by molar-refractivity contribution is 7.22. The number of hydrogen-bond acceptors (Lipinski definition) is 11. The highest BCUT2D eigenvalue weighted by Crippen LogP contribution is 2.53. The summed E-state index contributed by atoms with van der Waals surface area (Å²) in [4.78, 5) is 52.2. The number of aromatic nitrogens is 2. The second-order valence-electron chi connectivity index (χ2n) is 14.7. The number of halogens is 4. The molecule has 2 atom stereocenters. The van der Waals surface area contributed by atoms with Crippen molar-refractivity contribution in [3.63, 3.8) is 0 Å². The van der Waals surface area contributed by atoms with Gasteiger partial charge in [-0.25, -0.2) is 37.5 Å². The number of piperazine rings is 1. The van der Waals surface area contributed by atoms with Gasteiger partial charge >= 0.3 is 12.2 Å². The topological polar surface area (TPSA) is 126 Å². The lowest BCUT2D eigenvalue weighted by molar-refractivity contribution is 0.0133. The normalized spacial score (nSPS) is 18.5. The maximum absolute atomic E-state index is 17.1. The Bertz CT molecular complexity index is 2250. The fourth-order valence-corrected chi connectivity index (χ4v) is 7.91. The summed E-state index contributed by atoms with van der Waals surface area (Å²) in [6.45, 7) is 12.7. The number of fused-ring (bicyclic) bond motifs is 5. The Morgan fingerprint density at radius 1 is 1.00 bits per heavy atom. The van der Waals surface area contributed by atoms with Crippen molar-refractivity contribution in [1.29, 1.82) is 0 Å². The van der Waals surface area contributed by atoms with E-state index in [1.807, 2.05) is 11.8 Å². The van der Waals surface area contributed by atoms with Gasteiger partial charge in [-0.1, -0.05) is 22.9 Å². The molecule has 4 aromatic rings. The number of hydrogen-bond donors (Lipinski definition) is 1. The molecule has 1 saturated heterocycles. The van der Waals surface area contributed by atoms with Gasteiger partial charge in [0.2, 0.25) is 5.88 Å². The van der Waals surface area contributed by atoms with Crippen LogP contribution in [0.5, 0.6) is 5.88 Å². The molecule has 17 heteroatoms. The zero-order valence-electron chi connectivity index (χ0n) is 29.2. The van der Waals surface area contributed by atoms with Gasteiger partial charge in [0.25, 0.3) is 0 Å². The van der Waals surface area contributed by atoms with Crippen molar-refractivity contribution in [1.82, 2.24) is 14.9 Å². The minimum absolute atomic E-state index is 0.0246. The first kappa shape index (κ1) is 35.6. The summed E-state index contributed by atoms with van der Waals surface area (Å²) in [6, 6.07) is 0.917. The summed E-state index contributed by atoms with van der Waals surface area (Å²) in [5.74, 6) is -1.07. The number of rotatable bonds is 2. The molecule has 3 aliphatic rings. The second-order valence-corrected chi connectivity index (χ2v) is 16.1. The van der Waals surface area contributed by atoms with Crippen LogP contribution in [0, 0.1) is 17.5 Å². The van der Waals surface area contributed by atoms with Crippen LogP contribution in [0.15, 0.2) is 17.8 Å². The van der Waals surface area contributed by atoms with Gasteiger partial charge in [0.05, 0.1) is 40.1 Å². The van der Waals surface area contributed by atoms with E-state index in [9.17, 15) is 14.4 Å². The largest absolute Gasteiger partial charge is 0.474 e. The van der Waals surface area contributed by atoms with Gasteiger partial charge in [-0.3, -0.25) is 5.32 Å². The van der Waals surface area contributed by atoms with Crippen molar-refractivity contribution >= 4 is 78.7 Å². The molecule has 1 N–H and O–H groups in total. The summed E-state index contributed by atoms with van der Waals surface area (Å²) in [6.07, 6.45) is -1.41. The monoisotopic (exact) mass is 758 g/mol. The summed E-state index contributed by atoms with van der Waals surface area (Å²) in [5, 5.41) is 2.31. The van der Waals surface area contributed by atoms with Gasteiger partial charge in [-0.2, -0.15) is 0 Å². The molecule has 0 unspecified atom stereocenters. The molecule has 7 rings (SSSR count). The maximum atomic E-state index is 17.1. The molecular formula is C35H34ClF3N6O6S. The minimum Gasteiger partial charge on any atom is -0.474 e. The highest BCUT2D eigenvalue weighted by atomic mass is 35.5. The molecule has 5 heterocycles. The van der Waals surface area contributed by atoms with E-state index < -0.39 is 64.1 Å². The fraction of sp³-hybridized carbons (Fsp3) is 0.429. The number of ether oxygens (including phenoxy) is 3. The van der Waals surface area contributed by atoms with E-state index in [1.165, 1.54) is 6.07 Å². The van der Waals surface area contributed by atoms with Crippen LogP contribution >= 0.6 is 22.9 Å². The van der Waals surface area contributed by atoms with Crippen LogP contribution in [-0.4, -0.2) is 82.5 Å². The van der Waals surface area contributed by atoms with Crippen molar-refractivity contribution < 1.29 is 41.8 Å².